The Morgan fingerprint density at radius 3 is 3.13 bits per heavy atom. The van der Waals surface area contributed by atoms with Gasteiger partial charge >= 0.3 is 5.97 Å². The zero-order valence-corrected chi connectivity index (χ0v) is 8.69. The Balaban J connectivity index is 2.53. The molecule has 0 amide bonds. The molecular weight excluding hydrogens is 194 g/mol. The Bertz CT molecular complexity index is 343. The fraction of sp³-hybridized carbons (Fsp3) is 0.364. The predicted octanol–water partition coefficient (Wildman–Crippen LogP) is 2.03. The molecule has 0 bridgehead atoms. The van der Waals surface area contributed by atoms with Crippen molar-refractivity contribution in [2.45, 2.75) is 25.9 Å². The van der Waals surface area contributed by atoms with Gasteiger partial charge in [0.05, 0.1) is 12.8 Å². The highest BCUT2D eigenvalue weighted by Gasteiger charge is 2.13. The molecule has 0 radical (unpaired) electrons. The fourth-order valence-corrected chi connectivity index (χ4v) is 1.27. The second kappa shape index (κ2) is 5.36. The minimum atomic E-state index is -0.961. The molecule has 0 spiro atoms. The van der Waals surface area contributed by atoms with E-state index in [0.717, 1.165) is 6.42 Å². The second-order valence-corrected chi connectivity index (χ2v) is 3.37. The topological polar surface area (TPSA) is 62.5 Å². The summed E-state index contributed by atoms with van der Waals surface area (Å²) in [5, 5.41) is 12.0. The molecule has 1 unspecified atom stereocenters. The van der Waals surface area contributed by atoms with Crippen molar-refractivity contribution in [3.05, 3.63) is 36.3 Å². The smallest absolute Gasteiger partial charge is 0.339 e. The number of hydrogen-bond acceptors (Lipinski definition) is 3. The van der Waals surface area contributed by atoms with Gasteiger partial charge in [-0.05, 0) is 19.4 Å². The van der Waals surface area contributed by atoms with E-state index in [2.05, 4.69) is 11.9 Å². The lowest BCUT2D eigenvalue weighted by Crippen LogP contribution is -2.25. The minimum absolute atomic E-state index is 0.216. The van der Waals surface area contributed by atoms with Crippen molar-refractivity contribution >= 4 is 5.97 Å². The number of rotatable bonds is 6. The molecule has 0 aliphatic carbocycles. The fourth-order valence-electron chi connectivity index (χ4n) is 1.27. The van der Waals surface area contributed by atoms with Gasteiger partial charge < -0.3 is 14.8 Å². The molecule has 82 valence electrons. The van der Waals surface area contributed by atoms with Gasteiger partial charge in [0.1, 0.15) is 11.3 Å². The van der Waals surface area contributed by atoms with E-state index in [1.54, 1.807) is 0 Å². The maximum absolute atomic E-state index is 10.7. The SMILES string of the molecule is C=CCC(C)NCc1occc1C(=O)O. The number of hydrogen-bond donors (Lipinski definition) is 2. The number of carboxylic acid groups (broad SMARTS) is 1. The van der Waals surface area contributed by atoms with Crippen LogP contribution in [0.3, 0.4) is 0 Å². The van der Waals surface area contributed by atoms with Crippen molar-refractivity contribution in [2.75, 3.05) is 0 Å². The molecule has 0 fully saturated rings. The van der Waals surface area contributed by atoms with Gasteiger partial charge in [-0.25, -0.2) is 4.79 Å². The van der Waals surface area contributed by atoms with Crippen LogP contribution in [0, 0.1) is 0 Å². The largest absolute Gasteiger partial charge is 0.478 e. The normalized spacial score (nSPS) is 12.3. The molecule has 1 aromatic rings. The molecule has 0 saturated heterocycles. The summed E-state index contributed by atoms with van der Waals surface area (Å²) in [5.74, 6) is -0.504. The lowest BCUT2D eigenvalue weighted by Gasteiger charge is -2.10. The first kappa shape index (κ1) is 11.5. The number of nitrogens with one attached hydrogen (secondary N) is 1. The average Bonchev–Trinajstić information content (AvgIpc) is 2.63. The van der Waals surface area contributed by atoms with Gasteiger partial charge in [0.15, 0.2) is 0 Å². The van der Waals surface area contributed by atoms with Crippen LogP contribution in [0.5, 0.6) is 0 Å². The quantitative estimate of drug-likeness (QED) is 0.704. The molecule has 2 N–H and O–H groups in total. The van der Waals surface area contributed by atoms with Crippen molar-refractivity contribution in [1.82, 2.24) is 5.32 Å². The number of aromatic carboxylic acids is 1. The Labute approximate surface area is 88.6 Å². The van der Waals surface area contributed by atoms with Gasteiger partial charge in [0.2, 0.25) is 0 Å². The Morgan fingerprint density at radius 2 is 2.53 bits per heavy atom. The maximum Gasteiger partial charge on any atom is 0.339 e. The van der Waals surface area contributed by atoms with Crippen molar-refractivity contribution < 1.29 is 14.3 Å². The van der Waals surface area contributed by atoms with Crippen LogP contribution < -0.4 is 5.32 Å². The third-order valence-electron chi connectivity index (χ3n) is 2.11. The third-order valence-corrected chi connectivity index (χ3v) is 2.11. The molecule has 0 aromatic carbocycles. The number of furan rings is 1. The van der Waals surface area contributed by atoms with E-state index in [1.165, 1.54) is 12.3 Å². The van der Waals surface area contributed by atoms with E-state index in [9.17, 15) is 4.79 Å². The summed E-state index contributed by atoms with van der Waals surface area (Å²) < 4.78 is 5.09. The van der Waals surface area contributed by atoms with Gasteiger partial charge in [0.25, 0.3) is 0 Å². The van der Waals surface area contributed by atoms with E-state index in [-0.39, 0.29) is 11.6 Å². The van der Waals surface area contributed by atoms with E-state index in [0.29, 0.717) is 12.3 Å². The minimum Gasteiger partial charge on any atom is -0.478 e. The summed E-state index contributed by atoms with van der Waals surface area (Å²) in [6.07, 6.45) is 4.04. The molecule has 0 aliphatic rings. The van der Waals surface area contributed by atoms with Crippen LogP contribution in [0.1, 0.15) is 29.5 Å². The molecule has 1 rings (SSSR count). The maximum atomic E-state index is 10.7. The molecule has 15 heavy (non-hydrogen) atoms. The number of carboxylic acids is 1. The Kier molecular flexibility index (Phi) is 4.12. The highest BCUT2D eigenvalue weighted by atomic mass is 16.4. The molecule has 1 atom stereocenters. The second-order valence-electron chi connectivity index (χ2n) is 3.37. The lowest BCUT2D eigenvalue weighted by molar-refractivity contribution is 0.0694. The van der Waals surface area contributed by atoms with E-state index < -0.39 is 5.97 Å². The van der Waals surface area contributed by atoms with Crippen molar-refractivity contribution in [1.29, 1.82) is 0 Å². The molecule has 0 saturated carbocycles. The zero-order chi connectivity index (χ0) is 11.3. The first-order chi connectivity index (χ1) is 7.15. The lowest BCUT2D eigenvalue weighted by atomic mass is 10.2. The van der Waals surface area contributed by atoms with Gasteiger partial charge in [-0.1, -0.05) is 6.08 Å². The molecule has 0 aliphatic heterocycles. The standard InChI is InChI=1S/C11H15NO3/c1-3-4-8(2)12-7-10-9(11(13)14)5-6-15-10/h3,5-6,8,12H,1,4,7H2,2H3,(H,13,14). The summed E-state index contributed by atoms with van der Waals surface area (Å²) in [5.41, 5.74) is 0.216. The van der Waals surface area contributed by atoms with Crippen LogP contribution in [0.25, 0.3) is 0 Å². The van der Waals surface area contributed by atoms with Crippen molar-refractivity contribution in [3.63, 3.8) is 0 Å². The Morgan fingerprint density at radius 1 is 1.80 bits per heavy atom. The van der Waals surface area contributed by atoms with Gasteiger partial charge in [-0.2, -0.15) is 0 Å². The highest BCUT2D eigenvalue weighted by molar-refractivity contribution is 5.88. The van der Waals surface area contributed by atoms with Gasteiger partial charge in [-0.3, -0.25) is 0 Å². The van der Waals surface area contributed by atoms with Crippen LogP contribution >= 0.6 is 0 Å². The van der Waals surface area contributed by atoms with E-state index >= 15 is 0 Å². The first-order valence-electron chi connectivity index (χ1n) is 4.79. The van der Waals surface area contributed by atoms with Crippen LogP contribution in [0.15, 0.2) is 29.4 Å². The third kappa shape index (κ3) is 3.25. The summed E-state index contributed by atoms with van der Waals surface area (Å²) in [6.45, 7) is 6.06. The number of carbonyl (C=O) groups is 1. The van der Waals surface area contributed by atoms with E-state index in [4.69, 9.17) is 9.52 Å². The average molecular weight is 209 g/mol. The van der Waals surface area contributed by atoms with Gasteiger partial charge in [-0.15, -0.1) is 6.58 Å². The van der Waals surface area contributed by atoms with Crippen LogP contribution in [-0.2, 0) is 6.54 Å². The van der Waals surface area contributed by atoms with E-state index in [1.807, 2.05) is 13.0 Å². The summed E-state index contributed by atoms with van der Waals surface area (Å²) in [6, 6.07) is 1.71. The molecule has 4 heteroatoms. The highest BCUT2D eigenvalue weighted by Crippen LogP contribution is 2.10. The molecule has 4 nitrogen and oxygen atoms in total. The summed E-state index contributed by atoms with van der Waals surface area (Å²) in [7, 11) is 0. The van der Waals surface area contributed by atoms with Crippen LogP contribution in [-0.4, -0.2) is 17.1 Å². The summed E-state index contributed by atoms with van der Waals surface area (Å²) >= 11 is 0. The first-order valence-corrected chi connectivity index (χ1v) is 4.79. The molecular formula is C11H15NO3. The van der Waals surface area contributed by atoms with Gasteiger partial charge in [0, 0.05) is 6.04 Å². The predicted molar refractivity (Wildman–Crippen MR) is 56.8 cm³/mol. The monoisotopic (exact) mass is 209 g/mol. The molecule has 1 aromatic heterocycles. The van der Waals surface area contributed by atoms with Crippen molar-refractivity contribution in [2.24, 2.45) is 0 Å². The Hall–Kier alpha value is -1.55. The van der Waals surface area contributed by atoms with Crippen molar-refractivity contribution in [3.8, 4) is 0 Å². The molecule has 1 heterocycles. The van der Waals surface area contributed by atoms with Crippen LogP contribution in [0.4, 0.5) is 0 Å². The zero-order valence-electron chi connectivity index (χ0n) is 8.69. The van der Waals surface area contributed by atoms with Crippen LogP contribution in [0.2, 0.25) is 0 Å². The summed E-state index contributed by atoms with van der Waals surface area (Å²) in [4.78, 5) is 10.7.